The molecule has 0 spiro atoms. The van der Waals surface area contributed by atoms with Crippen molar-refractivity contribution in [3.8, 4) is 0 Å². The van der Waals surface area contributed by atoms with E-state index in [1.54, 1.807) is 0 Å². The van der Waals surface area contributed by atoms with Crippen molar-refractivity contribution in [3.05, 3.63) is 35.9 Å². The van der Waals surface area contributed by atoms with Crippen LogP contribution in [0.1, 0.15) is 168 Å². The van der Waals surface area contributed by atoms with Gasteiger partial charge in [-0.2, -0.15) is 0 Å². The monoisotopic (exact) mass is 875 g/mol. The number of ether oxygens (including phenoxy) is 6. The lowest BCUT2D eigenvalue weighted by Gasteiger charge is -2.33. The van der Waals surface area contributed by atoms with E-state index in [0.29, 0.717) is 44.1 Å². The maximum Gasteiger partial charge on any atom is 0.508 e. The highest BCUT2D eigenvalue weighted by molar-refractivity contribution is 5.70. The molecule has 1 fully saturated rings. The third-order valence-electron chi connectivity index (χ3n) is 11.9. The Bertz CT molecular complexity index is 1210. The standard InChI is InChI=1S/C50H86N2O10/c1-5-9-13-16-24-45(20-11-7-3)41-61-49(55)59-38-36-57-47(53)29-34-51(31-26-43-27-32-52(33-28-43)40-44-22-18-15-19-23-44)35-30-48(54)58-37-39-60-50(56)62-42-46(21-12-8-4)25-17-14-10-6-2/h15,18-19,22-23,43,45-46H,5-14,16-17,20-21,24-42H2,1-4H3. The maximum atomic E-state index is 12.7. The largest absolute Gasteiger partial charge is 0.508 e. The predicted octanol–water partition coefficient (Wildman–Crippen LogP) is 11.3. The number of unbranched alkanes of at least 4 members (excludes halogenated alkanes) is 8. The summed E-state index contributed by atoms with van der Waals surface area (Å²) >= 11 is 0. The number of carbonyl (C=O) groups is 4. The van der Waals surface area contributed by atoms with Gasteiger partial charge in [0.05, 0.1) is 26.1 Å². The minimum Gasteiger partial charge on any atom is -0.462 e. The number of rotatable bonds is 37. The topological polar surface area (TPSA) is 130 Å². The first-order valence-electron chi connectivity index (χ1n) is 24.6. The summed E-state index contributed by atoms with van der Waals surface area (Å²) < 4.78 is 32.0. The molecule has 0 N–H and O–H groups in total. The molecule has 0 aromatic heterocycles. The number of nitrogens with zero attached hydrogens (tertiary/aromatic N) is 2. The first-order valence-corrected chi connectivity index (χ1v) is 24.6. The van der Waals surface area contributed by atoms with Gasteiger partial charge in [-0.15, -0.1) is 0 Å². The number of likely N-dealkylation sites (tertiary alicyclic amines) is 1. The van der Waals surface area contributed by atoms with E-state index in [4.69, 9.17) is 28.4 Å². The molecule has 1 aliphatic rings. The van der Waals surface area contributed by atoms with Gasteiger partial charge in [-0.1, -0.05) is 135 Å². The molecule has 2 atom stereocenters. The SMILES string of the molecule is CCCCCCC(CCCC)COC(=O)OCCOC(=O)CCN(CCC(=O)OCCOC(=O)OCC(CCCC)CCCCCC)CCC1CCN(Cc2ccccc2)CC1. The van der Waals surface area contributed by atoms with Crippen molar-refractivity contribution < 1.29 is 47.6 Å². The molecular formula is C50H86N2O10. The highest BCUT2D eigenvalue weighted by Gasteiger charge is 2.22. The van der Waals surface area contributed by atoms with Gasteiger partial charge in [0.2, 0.25) is 0 Å². The molecule has 0 radical (unpaired) electrons. The lowest BCUT2D eigenvalue weighted by atomic mass is 9.93. The maximum absolute atomic E-state index is 12.7. The van der Waals surface area contributed by atoms with Crippen molar-refractivity contribution in [2.24, 2.45) is 17.8 Å². The Labute approximate surface area is 375 Å². The van der Waals surface area contributed by atoms with Crippen molar-refractivity contribution in [2.75, 3.05) is 72.4 Å². The molecule has 1 aromatic rings. The van der Waals surface area contributed by atoms with E-state index < -0.39 is 24.2 Å². The van der Waals surface area contributed by atoms with Gasteiger partial charge in [0.25, 0.3) is 0 Å². The van der Waals surface area contributed by atoms with Crippen LogP contribution in [-0.4, -0.2) is 106 Å². The van der Waals surface area contributed by atoms with E-state index in [1.165, 1.54) is 44.1 Å². The van der Waals surface area contributed by atoms with Crippen molar-refractivity contribution in [3.63, 3.8) is 0 Å². The fraction of sp³-hybridized carbons (Fsp3) is 0.800. The molecular weight excluding hydrogens is 789 g/mol. The fourth-order valence-electron chi connectivity index (χ4n) is 7.96. The molecule has 62 heavy (non-hydrogen) atoms. The molecule has 1 aliphatic heterocycles. The van der Waals surface area contributed by atoms with Gasteiger partial charge in [0.15, 0.2) is 0 Å². The number of benzene rings is 1. The minimum atomic E-state index is -0.731. The molecule has 0 saturated carbocycles. The Kier molecular flexibility index (Phi) is 32.7. The summed E-state index contributed by atoms with van der Waals surface area (Å²) in [6.07, 6.45) is 20.1. The van der Waals surface area contributed by atoms with E-state index in [9.17, 15) is 19.2 Å². The average Bonchev–Trinajstić information content (AvgIpc) is 3.28. The predicted molar refractivity (Wildman–Crippen MR) is 245 cm³/mol. The van der Waals surface area contributed by atoms with Gasteiger partial charge in [0, 0.05) is 19.6 Å². The van der Waals surface area contributed by atoms with Crippen LogP contribution in [0.5, 0.6) is 0 Å². The van der Waals surface area contributed by atoms with Crippen LogP contribution < -0.4 is 0 Å². The Morgan fingerprint density at radius 1 is 0.565 bits per heavy atom. The highest BCUT2D eigenvalue weighted by Crippen LogP contribution is 2.23. The van der Waals surface area contributed by atoms with Crippen LogP contribution in [0.25, 0.3) is 0 Å². The molecule has 356 valence electrons. The Morgan fingerprint density at radius 2 is 1.02 bits per heavy atom. The second kappa shape index (κ2) is 37.0. The van der Waals surface area contributed by atoms with E-state index in [-0.39, 0.29) is 39.3 Å². The number of carbonyl (C=O) groups excluding carboxylic acids is 4. The van der Waals surface area contributed by atoms with Gasteiger partial charge >= 0.3 is 24.2 Å². The fourth-order valence-corrected chi connectivity index (χ4v) is 7.96. The molecule has 12 heteroatoms. The molecule has 1 aromatic carbocycles. The molecule has 12 nitrogen and oxygen atoms in total. The van der Waals surface area contributed by atoms with Crippen LogP contribution in [0, 0.1) is 17.8 Å². The zero-order chi connectivity index (χ0) is 44.9. The quantitative estimate of drug-likeness (QED) is 0.0358. The van der Waals surface area contributed by atoms with Crippen LogP contribution in [0.4, 0.5) is 9.59 Å². The van der Waals surface area contributed by atoms with E-state index in [1.807, 2.05) is 6.07 Å². The summed E-state index contributed by atoms with van der Waals surface area (Å²) in [6.45, 7) is 13.8. The second-order valence-corrected chi connectivity index (χ2v) is 17.3. The van der Waals surface area contributed by atoms with Crippen molar-refractivity contribution in [1.29, 1.82) is 0 Å². The summed E-state index contributed by atoms with van der Waals surface area (Å²) in [5, 5.41) is 0. The van der Waals surface area contributed by atoms with Crippen LogP contribution in [0.2, 0.25) is 0 Å². The summed E-state index contributed by atoms with van der Waals surface area (Å²) in [5.74, 6) is 0.438. The lowest BCUT2D eigenvalue weighted by molar-refractivity contribution is -0.145. The number of piperidine rings is 1. The van der Waals surface area contributed by atoms with Crippen molar-refractivity contribution in [2.45, 2.75) is 169 Å². The van der Waals surface area contributed by atoms with Crippen LogP contribution in [0.3, 0.4) is 0 Å². The summed E-state index contributed by atoms with van der Waals surface area (Å²) in [6, 6.07) is 10.6. The van der Waals surface area contributed by atoms with Gasteiger partial charge in [-0.3, -0.25) is 14.5 Å². The van der Waals surface area contributed by atoms with Crippen LogP contribution in [-0.2, 0) is 44.6 Å². The van der Waals surface area contributed by atoms with Crippen molar-refractivity contribution in [1.82, 2.24) is 9.80 Å². The van der Waals surface area contributed by atoms with E-state index in [2.05, 4.69) is 61.8 Å². The zero-order valence-electron chi connectivity index (χ0n) is 39.4. The average molecular weight is 875 g/mol. The minimum absolute atomic E-state index is 0.0494. The van der Waals surface area contributed by atoms with Crippen molar-refractivity contribution >= 4 is 24.2 Å². The normalized spacial score (nSPS) is 14.3. The van der Waals surface area contributed by atoms with Crippen LogP contribution >= 0.6 is 0 Å². The Morgan fingerprint density at radius 3 is 1.48 bits per heavy atom. The van der Waals surface area contributed by atoms with Gasteiger partial charge in [-0.05, 0) is 87.9 Å². The summed E-state index contributed by atoms with van der Waals surface area (Å²) in [7, 11) is 0. The molecule has 1 heterocycles. The highest BCUT2D eigenvalue weighted by atomic mass is 16.7. The smallest absolute Gasteiger partial charge is 0.462 e. The molecule has 0 aliphatic carbocycles. The zero-order valence-corrected chi connectivity index (χ0v) is 39.4. The second-order valence-electron chi connectivity index (χ2n) is 17.3. The molecule has 0 bridgehead atoms. The summed E-state index contributed by atoms with van der Waals surface area (Å²) in [4.78, 5) is 54.6. The first kappa shape index (κ1) is 54.8. The number of hydrogen-bond donors (Lipinski definition) is 0. The third-order valence-corrected chi connectivity index (χ3v) is 11.9. The van der Waals surface area contributed by atoms with E-state index >= 15 is 0 Å². The molecule has 1 saturated heterocycles. The first-order chi connectivity index (χ1) is 30.3. The van der Waals surface area contributed by atoms with Gasteiger partial charge in [-0.25, -0.2) is 9.59 Å². The molecule has 2 rings (SSSR count). The summed E-state index contributed by atoms with van der Waals surface area (Å²) in [5.41, 5.74) is 1.33. The molecule has 0 amide bonds. The van der Waals surface area contributed by atoms with Gasteiger partial charge in [0.1, 0.15) is 26.4 Å². The van der Waals surface area contributed by atoms with Crippen LogP contribution in [0.15, 0.2) is 30.3 Å². The Hall–Kier alpha value is -3.38. The molecule has 2 unspecified atom stereocenters. The van der Waals surface area contributed by atoms with E-state index in [0.717, 1.165) is 110 Å². The number of esters is 2. The Balaban J connectivity index is 1.76. The lowest BCUT2D eigenvalue weighted by Crippen LogP contribution is -2.36. The third kappa shape index (κ3) is 29.1. The number of hydrogen-bond acceptors (Lipinski definition) is 12. The van der Waals surface area contributed by atoms with Gasteiger partial charge < -0.3 is 33.3 Å².